The maximum atomic E-state index is 13.5. The summed E-state index contributed by atoms with van der Waals surface area (Å²) in [6, 6.07) is 4.80. The molecule has 1 aromatic rings. The van der Waals surface area contributed by atoms with E-state index in [2.05, 4.69) is 16.0 Å². The van der Waals surface area contributed by atoms with Crippen molar-refractivity contribution in [3.8, 4) is 0 Å². The molecule has 1 aromatic carbocycles. The highest BCUT2D eigenvalue weighted by molar-refractivity contribution is 6.06. The van der Waals surface area contributed by atoms with Crippen molar-refractivity contribution in [3.63, 3.8) is 0 Å². The lowest BCUT2D eigenvalue weighted by Crippen LogP contribution is -2.39. The number of benzene rings is 1. The number of nitrogens with one attached hydrogen (secondary N) is 4. The summed E-state index contributed by atoms with van der Waals surface area (Å²) in [5, 5.41) is 25.4. The molecule has 0 aliphatic carbocycles. The Labute approximate surface area is 188 Å². The summed E-state index contributed by atoms with van der Waals surface area (Å²) in [6.07, 6.45) is 0.672. The Balaban J connectivity index is 2.99. The third-order valence-corrected chi connectivity index (χ3v) is 4.86. The molecule has 0 aliphatic heterocycles. The third kappa shape index (κ3) is 8.76. The summed E-state index contributed by atoms with van der Waals surface area (Å²) in [5.74, 6) is -0.305. The van der Waals surface area contributed by atoms with Crippen LogP contribution >= 0.6 is 0 Å². The lowest BCUT2D eigenvalue weighted by molar-refractivity contribution is -0.117. The number of hydrogen-bond acceptors (Lipinski definition) is 6. The lowest BCUT2D eigenvalue weighted by Gasteiger charge is -2.19. The predicted octanol–water partition coefficient (Wildman–Crippen LogP) is 2.84. The Kier molecular flexibility index (Phi) is 12.2. The van der Waals surface area contributed by atoms with Crippen molar-refractivity contribution in [3.05, 3.63) is 57.8 Å². The molecule has 0 aliphatic rings. The highest BCUT2D eigenvalue weighted by atomic mass is 19.1. The molecule has 0 atom stereocenters. The van der Waals surface area contributed by atoms with Crippen LogP contribution < -0.4 is 16.0 Å². The van der Waals surface area contributed by atoms with Gasteiger partial charge in [-0.15, -0.1) is 0 Å². The van der Waals surface area contributed by atoms with Crippen molar-refractivity contribution in [2.24, 2.45) is 0 Å². The van der Waals surface area contributed by atoms with Gasteiger partial charge in [0.05, 0.1) is 25.5 Å². The highest BCUT2D eigenvalue weighted by Crippen LogP contribution is 2.11. The fraction of sp³-hybridized carbons (Fsp3) is 0.478. The van der Waals surface area contributed by atoms with Crippen LogP contribution in [0.2, 0.25) is 0 Å². The average Bonchev–Trinajstić information content (AvgIpc) is 2.79. The molecule has 7 nitrogen and oxygen atoms in total. The normalized spacial score (nSPS) is 12.6. The number of aliphatic hydroxyl groups excluding tert-OH is 1. The number of hydrogen-bond donors (Lipinski definition) is 5. The maximum Gasteiger partial charge on any atom is 0.273 e. The summed E-state index contributed by atoms with van der Waals surface area (Å²) >= 11 is 0. The van der Waals surface area contributed by atoms with E-state index in [0.717, 1.165) is 11.1 Å². The fourth-order valence-corrected chi connectivity index (χ4v) is 2.71. The molecule has 0 fully saturated rings. The Morgan fingerprint density at radius 1 is 1.22 bits per heavy atom. The van der Waals surface area contributed by atoms with Gasteiger partial charge < -0.3 is 31.2 Å². The topological polar surface area (TPSA) is 106 Å². The lowest BCUT2D eigenvalue weighted by atomic mass is 10.1. The third-order valence-electron chi connectivity index (χ3n) is 4.86. The van der Waals surface area contributed by atoms with E-state index in [1.807, 2.05) is 13.8 Å². The summed E-state index contributed by atoms with van der Waals surface area (Å²) in [5.41, 5.74) is 2.23. The second kappa shape index (κ2) is 14.3. The first-order valence-electron chi connectivity index (χ1n) is 10.5. The molecule has 0 spiro atoms. The van der Waals surface area contributed by atoms with E-state index in [4.69, 9.17) is 15.3 Å². The zero-order valence-electron chi connectivity index (χ0n) is 19.2. The minimum absolute atomic E-state index is 0.0704. The number of alkyl halides is 1. The SMILES string of the molecule is CC/C(C)=C(/NCc1ccc(F)c(C)c1)NC(=O)/C(NCCOCCO)=C(\C)C(=N)CF. The highest BCUT2D eigenvalue weighted by Gasteiger charge is 2.17. The van der Waals surface area contributed by atoms with Gasteiger partial charge in [0, 0.05) is 18.7 Å². The molecule has 0 saturated heterocycles. The van der Waals surface area contributed by atoms with Crippen molar-refractivity contribution < 1.29 is 23.4 Å². The quantitative estimate of drug-likeness (QED) is 0.170. The molecule has 0 bridgehead atoms. The molecule has 5 N–H and O–H groups in total. The number of ether oxygens (including phenoxy) is 1. The average molecular weight is 453 g/mol. The smallest absolute Gasteiger partial charge is 0.273 e. The minimum atomic E-state index is -0.996. The van der Waals surface area contributed by atoms with Crippen LogP contribution in [0.25, 0.3) is 0 Å². The van der Waals surface area contributed by atoms with Crippen LogP contribution in [0.4, 0.5) is 8.78 Å². The minimum Gasteiger partial charge on any atom is -0.394 e. The summed E-state index contributed by atoms with van der Waals surface area (Å²) in [7, 11) is 0. The molecular weight excluding hydrogens is 418 g/mol. The van der Waals surface area contributed by atoms with Gasteiger partial charge in [0.1, 0.15) is 24.0 Å². The zero-order valence-corrected chi connectivity index (χ0v) is 19.2. The van der Waals surface area contributed by atoms with Crippen molar-refractivity contribution in [1.82, 2.24) is 16.0 Å². The van der Waals surface area contributed by atoms with Crippen LogP contribution in [0, 0.1) is 18.2 Å². The molecule has 0 unspecified atom stereocenters. The predicted molar refractivity (Wildman–Crippen MR) is 121 cm³/mol. The number of halogens is 2. The van der Waals surface area contributed by atoms with E-state index >= 15 is 0 Å². The van der Waals surface area contributed by atoms with Crippen LogP contribution in [0.1, 0.15) is 38.3 Å². The van der Waals surface area contributed by atoms with E-state index in [0.29, 0.717) is 24.4 Å². The first kappa shape index (κ1) is 27.3. The van der Waals surface area contributed by atoms with Gasteiger partial charge in [0.25, 0.3) is 5.91 Å². The largest absolute Gasteiger partial charge is 0.394 e. The Bertz CT molecular complexity index is 854. The van der Waals surface area contributed by atoms with Gasteiger partial charge in [-0.25, -0.2) is 8.78 Å². The molecule has 32 heavy (non-hydrogen) atoms. The number of amides is 1. The zero-order chi connectivity index (χ0) is 24.1. The van der Waals surface area contributed by atoms with Gasteiger partial charge in [-0.2, -0.15) is 0 Å². The van der Waals surface area contributed by atoms with E-state index in [9.17, 15) is 13.6 Å². The van der Waals surface area contributed by atoms with Gasteiger partial charge in [-0.3, -0.25) is 4.79 Å². The summed E-state index contributed by atoms with van der Waals surface area (Å²) in [4.78, 5) is 13.0. The van der Waals surface area contributed by atoms with E-state index in [-0.39, 0.29) is 49.2 Å². The van der Waals surface area contributed by atoms with E-state index in [1.165, 1.54) is 13.0 Å². The number of aliphatic hydroxyl groups is 1. The molecular formula is C23H34F2N4O3. The summed E-state index contributed by atoms with van der Waals surface area (Å²) in [6.45, 7) is 6.91. The van der Waals surface area contributed by atoms with Crippen LogP contribution in [0.5, 0.6) is 0 Å². The molecule has 0 heterocycles. The molecule has 0 aromatic heterocycles. The molecule has 1 rings (SSSR count). The number of allylic oxidation sites excluding steroid dienone is 2. The molecule has 0 radical (unpaired) electrons. The van der Waals surface area contributed by atoms with Gasteiger partial charge in [0.15, 0.2) is 0 Å². The molecule has 9 heteroatoms. The Morgan fingerprint density at radius 3 is 2.53 bits per heavy atom. The maximum absolute atomic E-state index is 13.5. The van der Waals surface area contributed by atoms with E-state index in [1.54, 1.807) is 19.1 Å². The monoisotopic (exact) mass is 452 g/mol. The van der Waals surface area contributed by atoms with Gasteiger partial charge in [-0.05, 0) is 50.0 Å². The molecule has 0 saturated carbocycles. The van der Waals surface area contributed by atoms with Crippen LogP contribution in [0.3, 0.4) is 0 Å². The van der Waals surface area contributed by atoms with E-state index < -0.39 is 12.6 Å². The van der Waals surface area contributed by atoms with Crippen molar-refractivity contribution >= 4 is 11.6 Å². The molecule has 1 amide bonds. The van der Waals surface area contributed by atoms with Crippen molar-refractivity contribution in [1.29, 1.82) is 5.41 Å². The van der Waals surface area contributed by atoms with Gasteiger partial charge in [0.2, 0.25) is 0 Å². The Morgan fingerprint density at radius 2 is 1.94 bits per heavy atom. The summed E-state index contributed by atoms with van der Waals surface area (Å²) < 4.78 is 31.7. The number of aryl methyl sites for hydroxylation is 1. The Hall–Kier alpha value is -2.78. The number of rotatable bonds is 14. The van der Waals surface area contributed by atoms with Crippen LogP contribution in [-0.2, 0) is 16.1 Å². The van der Waals surface area contributed by atoms with Crippen molar-refractivity contribution in [2.45, 2.75) is 40.7 Å². The van der Waals surface area contributed by atoms with Gasteiger partial charge >= 0.3 is 0 Å². The number of carbonyl (C=O) groups is 1. The van der Waals surface area contributed by atoms with Crippen LogP contribution in [-0.4, -0.2) is 49.8 Å². The van der Waals surface area contributed by atoms with Crippen LogP contribution in [0.15, 0.2) is 40.9 Å². The standard InChI is InChI=1S/C23H34F2N4O3/c1-5-15(2)22(28-14-18-6-7-19(25)16(3)12-18)29-23(31)21(17(4)20(26)13-24)27-8-10-32-11-9-30/h6-7,12,26-28,30H,5,8-11,13-14H2,1-4H3,(H,29,31)/b21-17-,22-15-,26-20?. The van der Waals surface area contributed by atoms with Gasteiger partial charge in [-0.1, -0.05) is 19.1 Å². The second-order valence-corrected chi connectivity index (χ2v) is 7.28. The number of carbonyl (C=O) groups excluding carboxylic acids is 1. The first-order valence-corrected chi connectivity index (χ1v) is 10.5. The first-order chi connectivity index (χ1) is 15.2. The van der Waals surface area contributed by atoms with Crippen molar-refractivity contribution in [2.75, 3.05) is 33.0 Å². The molecule has 178 valence electrons. The fourth-order valence-electron chi connectivity index (χ4n) is 2.71. The second-order valence-electron chi connectivity index (χ2n) is 7.28.